The van der Waals surface area contributed by atoms with Crippen LogP contribution in [-0.2, 0) is 42.4 Å². The van der Waals surface area contributed by atoms with Gasteiger partial charge in [-0.3, -0.25) is 9.78 Å². The number of benzene rings is 1. The molecular formula is C24H28N4O3S. The second-order valence-electron chi connectivity index (χ2n) is 7.96. The highest BCUT2D eigenvalue weighted by Gasteiger charge is 2.24. The van der Waals surface area contributed by atoms with E-state index in [-0.39, 0.29) is 17.0 Å². The van der Waals surface area contributed by atoms with Gasteiger partial charge in [0.2, 0.25) is 10.0 Å². The molecule has 0 aliphatic heterocycles. The summed E-state index contributed by atoms with van der Waals surface area (Å²) in [6.07, 6.45) is 5.74. The molecule has 0 radical (unpaired) electrons. The van der Waals surface area contributed by atoms with Crippen molar-refractivity contribution in [2.75, 3.05) is 0 Å². The minimum atomic E-state index is -3.76. The molecule has 1 N–H and O–H groups in total. The molecule has 0 unspecified atom stereocenters. The van der Waals surface area contributed by atoms with Crippen LogP contribution in [-0.4, -0.2) is 23.2 Å². The largest absolute Gasteiger partial charge is 0.270 e. The number of pyridine rings is 1. The molecule has 0 saturated heterocycles. The van der Waals surface area contributed by atoms with Crippen molar-refractivity contribution in [2.24, 2.45) is 0 Å². The minimum Gasteiger partial charge on any atom is -0.267 e. The molecule has 0 saturated carbocycles. The Hall–Kier alpha value is -2.84. The zero-order chi connectivity index (χ0) is 22.7. The fourth-order valence-corrected chi connectivity index (χ4v) is 5.56. The van der Waals surface area contributed by atoms with Gasteiger partial charge >= 0.3 is 0 Å². The SMILES string of the molecule is CCc1ccc(-c2nn(CC)c(=O)c3c2CCCC3)cc1S(=O)(=O)NCc1ccccn1. The van der Waals surface area contributed by atoms with Crippen molar-refractivity contribution in [2.45, 2.75) is 63.9 Å². The van der Waals surface area contributed by atoms with E-state index in [0.29, 0.717) is 24.4 Å². The van der Waals surface area contributed by atoms with Crippen molar-refractivity contribution in [3.63, 3.8) is 0 Å². The second-order valence-corrected chi connectivity index (χ2v) is 9.69. The number of hydrogen-bond donors (Lipinski definition) is 1. The molecule has 1 aromatic carbocycles. The van der Waals surface area contributed by atoms with E-state index in [1.807, 2.05) is 32.0 Å². The van der Waals surface area contributed by atoms with Crippen LogP contribution in [0.3, 0.4) is 0 Å². The van der Waals surface area contributed by atoms with Gasteiger partial charge in [-0.15, -0.1) is 0 Å². The Bertz CT molecular complexity index is 1280. The normalized spacial score (nSPS) is 13.7. The summed E-state index contributed by atoms with van der Waals surface area (Å²) in [5.74, 6) is 0. The Morgan fingerprint density at radius 3 is 2.53 bits per heavy atom. The average molecular weight is 453 g/mol. The van der Waals surface area contributed by atoms with E-state index in [1.165, 1.54) is 4.68 Å². The van der Waals surface area contributed by atoms with Crippen molar-refractivity contribution >= 4 is 10.0 Å². The highest BCUT2D eigenvalue weighted by Crippen LogP contribution is 2.31. The second kappa shape index (κ2) is 9.34. The molecule has 2 aromatic heterocycles. The van der Waals surface area contributed by atoms with Crippen LogP contribution in [0, 0.1) is 0 Å². The maximum Gasteiger partial charge on any atom is 0.270 e. The van der Waals surface area contributed by atoms with Gasteiger partial charge in [0, 0.05) is 23.9 Å². The summed E-state index contributed by atoms with van der Waals surface area (Å²) >= 11 is 0. The van der Waals surface area contributed by atoms with Crippen molar-refractivity contribution in [3.05, 3.63) is 75.3 Å². The van der Waals surface area contributed by atoms with Gasteiger partial charge in [0.05, 0.1) is 22.8 Å². The van der Waals surface area contributed by atoms with Gasteiger partial charge in [-0.25, -0.2) is 17.8 Å². The standard InChI is InChI=1S/C24H28N4O3S/c1-3-17-12-13-18(15-22(17)32(30,31)26-16-19-9-7-8-14-25-19)23-20-10-5-6-11-21(20)24(29)28(4-2)27-23/h7-9,12-15,26H,3-6,10-11,16H2,1-2H3. The molecule has 4 rings (SSSR count). The van der Waals surface area contributed by atoms with Crippen LogP contribution in [0.1, 0.15) is 49.1 Å². The molecule has 2 heterocycles. The first kappa shape index (κ1) is 22.4. The van der Waals surface area contributed by atoms with Gasteiger partial charge in [0.1, 0.15) is 0 Å². The molecule has 1 aliphatic rings. The van der Waals surface area contributed by atoms with E-state index in [0.717, 1.165) is 47.9 Å². The summed E-state index contributed by atoms with van der Waals surface area (Å²) in [6, 6.07) is 10.9. The van der Waals surface area contributed by atoms with Gasteiger partial charge in [-0.1, -0.05) is 25.1 Å². The average Bonchev–Trinajstić information content (AvgIpc) is 2.83. The Balaban J connectivity index is 1.78. The maximum absolute atomic E-state index is 13.2. The molecule has 8 heteroatoms. The number of aromatic nitrogens is 3. The molecule has 168 valence electrons. The number of hydrogen-bond acceptors (Lipinski definition) is 5. The summed E-state index contributed by atoms with van der Waals surface area (Å²) < 4.78 is 30.6. The summed E-state index contributed by atoms with van der Waals surface area (Å²) in [5, 5.41) is 4.63. The predicted molar refractivity (Wildman–Crippen MR) is 124 cm³/mol. The van der Waals surface area contributed by atoms with Crippen molar-refractivity contribution in [3.8, 4) is 11.3 Å². The fourth-order valence-electron chi connectivity index (χ4n) is 4.22. The summed E-state index contributed by atoms with van der Waals surface area (Å²) in [4.78, 5) is 17.2. The first-order valence-corrected chi connectivity index (χ1v) is 12.6. The van der Waals surface area contributed by atoms with Crippen LogP contribution in [0.15, 0.2) is 52.3 Å². The molecule has 3 aromatic rings. The summed E-state index contributed by atoms with van der Waals surface area (Å²) in [7, 11) is -3.76. The quantitative estimate of drug-likeness (QED) is 0.594. The van der Waals surface area contributed by atoms with Gasteiger partial charge in [-0.05, 0) is 68.4 Å². The van der Waals surface area contributed by atoms with E-state index in [4.69, 9.17) is 0 Å². The lowest BCUT2D eigenvalue weighted by Gasteiger charge is -2.20. The summed E-state index contributed by atoms with van der Waals surface area (Å²) in [5.41, 5.74) is 4.57. The van der Waals surface area contributed by atoms with Gasteiger partial charge in [-0.2, -0.15) is 5.10 Å². The third-order valence-corrected chi connectivity index (χ3v) is 7.43. The molecule has 0 fully saturated rings. The van der Waals surface area contributed by atoms with Gasteiger partial charge in [0.15, 0.2) is 0 Å². The third-order valence-electron chi connectivity index (χ3n) is 5.95. The first-order valence-electron chi connectivity index (χ1n) is 11.1. The number of nitrogens with zero attached hydrogens (tertiary/aromatic N) is 3. The molecule has 0 spiro atoms. The van der Waals surface area contributed by atoms with Crippen molar-refractivity contribution < 1.29 is 8.42 Å². The monoisotopic (exact) mass is 452 g/mol. The summed E-state index contributed by atoms with van der Waals surface area (Å²) in [6.45, 7) is 4.42. The smallest absolute Gasteiger partial charge is 0.267 e. The van der Waals surface area contributed by atoms with Crippen LogP contribution in [0.5, 0.6) is 0 Å². The third kappa shape index (κ3) is 4.38. The Kier molecular flexibility index (Phi) is 6.53. The van der Waals surface area contributed by atoms with Crippen LogP contribution < -0.4 is 10.3 Å². The highest BCUT2D eigenvalue weighted by molar-refractivity contribution is 7.89. The zero-order valence-electron chi connectivity index (χ0n) is 18.5. The fraction of sp³-hybridized carbons (Fsp3) is 0.375. The van der Waals surface area contributed by atoms with Gasteiger partial charge in [0.25, 0.3) is 5.56 Å². The lowest BCUT2D eigenvalue weighted by atomic mass is 9.89. The molecular weight excluding hydrogens is 424 g/mol. The maximum atomic E-state index is 13.2. The van der Waals surface area contributed by atoms with Crippen LogP contribution in [0.25, 0.3) is 11.3 Å². The Morgan fingerprint density at radius 1 is 1.06 bits per heavy atom. The highest BCUT2D eigenvalue weighted by atomic mass is 32.2. The van der Waals surface area contributed by atoms with Crippen LogP contribution in [0.4, 0.5) is 0 Å². The van der Waals surface area contributed by atoms with Crippen LogP contribution >= 0.6 is 0 Å². The first-order chi connectivity index (χ1) is 15.4. The number of aryl methyl sites for hydroxylation is 2. The molecule has 0 atom stereocenters. The van der Waals surface area contributed by atoms with E-state index in [9.17, 15) is 13.2 Å². The topological polar surface area (TPSA) is 94.0 Å². The Labute approximate surface area is 188 Å². The Morgan fingerprint density at radius 2 is 1.84 bits per heavy atom. The van der Waals surface area contributed by atoms with Crippen LogP contribution in [0.2, 0.25) is 0 Å². The predicted octanol–water partition coefficient (Wildman–Crippen LogP) is 3.24. The molecule has 7 nitrogen and oxygen atoms in total. The molecule has 1 aliphatic carbocycles. The minimum absolute atomic E-state index is 0.0269. The lowest BCUT2D eigenvalue weighted by molar-refractivity contribution is 0.578. The molecule has 0 bridgehead atoms. The van der Waals surface area contributed by atoms with E-state index in [1.54, 1.807) is 24.4 Å². The van der Waals surface area contributed by atoms with Crippen molar-refractivity contribution in [1.29, 1.82) is 0 Å². The van der Waals surface area contributed by atoms with Gasteiger partial charge < -0.3 is 0 Å². The van der Waals surface area contributed by atoms with E-state index >= 15 is 0 Å². The van der Waals surface area contributed by atoms with E-state index in [2.05, 4.69) is 14.8 Å². The number of fused-ring (bicyclic) bond motifs is 1. The zero-order valence-corrected chi connectivity index (χ0v) is 19.3. The lowest BCUT2D eigenvalue weighted by Crippen LogP contribution is -2.30. The van der Waals surface area contributed by atoms with E-state index < -0.39 is 10.0 Å². The number of sulfonamides is 1. The molecule has 0 amide bonds. The number of rotatable bonds is 7. The van der Waals surface area contributed by atoms with Crippen molar-refractivity contribution in [1.82, 2.24) is 19.5 Å². The molecule has 32 heavy (non-hydrogen) atoms. The number of nitrogens with one attached hydrogen (secondary N) is 1.